The summed E-state index contributed by atoms with van der Waals surface area (Å²) in [5, 5.41) is 3.34. The van der Waals surface area contributed by atoms with Gasteiger partial charge in [0.25, 0.3) is 0 Å². The van der Waals surface area contributed by atoms with Gasteiger partial charge < -0.3 is 5.32 Å². The summed E-state index contributed by atoms with van der Waals surface area (Å²) in [6, 6.07) is 0.387. The lowest BCUT2D eigenvalue weighted by Crippen LogP contribution is -2.31. The Balaban J connectivity index is 3.19. The van der Waals surface area contributed by atoms with E-state index in [0.29, 0.717) is 6.04 Å². The molecule has 0 saturated heterocycles. The van der Waals surface area contributed by atoms with E-state index in [-0.39, 0.29) is 0 Å². The number of thioether (sulfide) groups is 1. The van der Waals surface area contributed by atoms with Crippen LogP contribution in [0.1, 0.15) is 13.3 Å². The van der Waals surface area contributed by atoms with Gasteiger partial charge in [0.1, 0.15) is 0 Å². The molecule has 0 aliphatic rings. The Bertz CT molecular complexity index is 130. The summed E-state index contributed by atoms with van der Waals surface area (Å²) >= 11 is 1.87. The highest BCUT2D eigenvalue weighted by Crippen LogP contribution is 1.94. The van der Waals surface area contributed by atoms with E-state index < -0.39 is 10.8 Å². The Morgan fingerprint density at radius 2 is 2.25 bits per heavy atom. The van der Waals surface area contributed by atoms with Crippen LogP contribution in [0.25, 0.3) is 0 Å². The minimum Gasteiger partial charge on any atom is -0.313 e. The lowest BCUT2D eigenvalue weighted by atomic mass is 10.3. The van der Waals surface area contributed by atoms with Crippen molar-refractivity contribution in [3.05, 3.63) is 0 Å². The Hall–Kier alpha value is 0.460. The first kappa shape index (κ1) is 12.5. The second-order valence-electron chi connectivity index (χ2n) is 2.94. The molecule has 4 heteroatoms. The molecule has 0 aliphatic carbocycles. The third kappa shape index (κ3) is 8.56. The largest absolute Gasteiger partial charge is 0.313 e. The van der Waals surface area contributed by atoms with Gasteiger partial charge in [-0.05, 0) is 31.9 Å². The van der Waals surface area contributed by atoms with E-state index in [9.17, 15) is 4.21 Å². The van der Waals surface area contributed by atoms with E-state index in [1.807, 2.05) is 11.8 Å². The fourth-order valence-electron chi connectivity index (χ4n) is 0.976. The SMILES string of the molecule is CSCCCNC(C)CS(C)=O. The van der Waals surface area contributed by atoms with Gasteiger partial charge in [0.15, 0.2) is 0 Å². The molecule has 0 bridgehead atoms. The van der Waals surface area contributed by atoms with Crippen molar-refractivity contribution in [2.75, 3.05) is 30.6 Å². The molecular formula is C8H19NOS2. The zero-order valence-corrected chi connectivity index (χ0v) is 9.76. The molecule has 0 aromatic heterocycles. The quantitative estimate of drug-likeness (QED) is 0.637. The molecule has 0 aromatic rings. The van der Waals surface area contributed by atoms with Crippen LogP contribution in [-0.2, 0) is 10.8 Å². The molecule has 0 aliphatic heterocycles. The standard InChI is InChI=1S/C8H19NOS2/c1-8(7-12(3)10)9-5-4-6-11-2/h8-9H,4-7H2,1-3H3. The predicted molar refractivity (Wildman–Crippen MR) is 59.4 cm³/mol. The molecule has 2 unspecified atom stereocenters. The van der Waals surface area contributed by atoms with Crippen LogP contribution < -0.4 is 5.32 Å². The normalized spacial score (nSPS) is 15.9. The number of nitrogens with one attached hydrogen (secondary N) is 1. The topological polar surface area (TPSA) is 29.1 Å². The third-order valence-electron chi connectivity index (χ3n) is 1.50. The molecule has 0 amide bonds. The second-order valence-corrected chi connectivity index (χ2v) is 5.41. The molecular weight excluding hydrogens is 190 g/mol. The van der Waals surface area contributed by atoms with Crippen LogP contribution in [0, 0.1) is 0 Å². The highest BCUT2D eigenvalue weighted by molar-refractivity contribution is 7.98. The van der Waals surface area contributed by atoms with Crippen molar-refractivity contribution < 1.29 is 4.21 Å². The highest BCUT2D eigenvalue weighted by Gasteiger charge is 2.01. The first-order chi connectivity index (χ1) is 5.66. The lowest BCUT2D eigenvalue weighted by Gasteiger charge is -2.11. The zero-order chi connectivity index (χ0) is 9.40. The van der Waals surface area contributed by atoms with Crippen molar-refractivity contribution >= 4 is 22.6 Å². The summed E-state index contributed by atoms with van der Waals surface area (Å²) in [6.45, 7) is 3.12. The number of hydrogen-bond acceptors (Lipinski definition) is 3. The van der Waals surface area contributed by atoms with Gasteiger partial charge >= 0.3 is 0 Å². The van der Waals surface area contributed by atoms with Crippen LogP contribution in [0.3, 0.4) is 0 Å². The lowest BCUT2D eigenvalue weighted by molar-refractivity contribution is 0.585. The van der Waals surface area contributed by atoms with Crippen molar-refractivity contribution in [3.8, 4) is 0 Å². The molecule has 2 nitrogen and oxygen atoms in total. The Morgan fingerprint density at radius 3 is 2.75 bits per heavy atom. The summed E-state index contributed by atoms with van der Waals surface area (Å²) in [6.07, 6.45) is 5.06. The molecule has 0 spiro atoms. The first-order valence-corrected chi connectivity index (χ1v) is 7.31. The summed E-state index contributed by atoms with van der Waals surface area (Å²) in [5.41, 5.74) is 0. The number of rotatable bonds is 7. The summed E-state index contributed by atoms with van der Waals surface area (Å²) in [4.78, 5) is 0. The monoisotopic (exact) mass is 209 g/mol. The maximum atomic E-state index is 10.8. The van der Waals surface area contributed by atoms with E-state index in [4.69, 9.17) is 0 Å². The van der Waals surface area contributed by atoms with Crippen LogP contribution >= 0.6 is 11.8 Å². The molecule has 0 fully saturated rings. The Kier molecular flexibility index (Phi) is 8.39. The second kappa shape index (κ2) is 8.08. The van der Waals surface area contributed by atoms with Crippen LogP contribution in [-0.4, -0.2) is 40.8 Å². The molecule has 74 valence electrons. The summed E-state index contributed by atoms with van der Waals surface area (Å²) < 4.78 is 10.8. The molecule has 0 heterocycles. The van der Waals surface area contributed by atoms with Crippen LogP contribution in [0.5, 0.6) is 0 Å². The van der Waals surface area contributed by atoms with Crippen molar-refractivity contribution in [1.29, 1.82) is 0 Å². The minimum absolute atomic E-state index is 0.387. The van der Waals surface area contributed by atoms with E-state index in [2.05, 4.69) is 18.5 Å². The molecule has 0 radical (unpaired) electrons. The maximum Gasteiger partial charge on any atom is 0.0383 e. The Morgan fingerprint density at radius 1 is 1.58 bits per heavy atom. The predicted octanol–water partition coefficient (Wildman–Crippen LogP) is 1.10. The summed E-state index contributed by atoms with van der Waals surface area (Å²) in [5.74, 6) is 1.97. The van der Waals surface area contributed by atoms with Crippen molar-refractivity contribution in [3.63, 3.8) is 0 Å². The minimum atomic E-state index is -0.671. The van der Waals surface area contributed by atoms with Gasteiger partial charge in [0, 0.05) is 28.9 Å². The molecule has 1 N–H and O–H groups in total. The fourth-order valence-corrected chi connectivity index (χ4v) is 2.23. The Labute approximate surface area is 82.3 Å². The van der Waals surface area contributed by atoms with Gasteiger partial charge in [-0.25, -0.2) is 0 Å². The average molecular weight is 209 g/mol. The van der Waals surface area contributed by atoms with Gasteiger partial charge in [0.05, 0.1) is 0 Å². The third-order valence-corrected chi connectivity index (χ3v) is 3.17. The first-order valence-electron chi connectivity index (χ1n) is 4.19. The molecule has 0 aromatic carbocycles. The molecule has 2 atom stereocenters. The smallest absolute Gasteiger partial charge is 0.0383 e. The van der Waals surface area contributed by atoms with Gasteiger partial charge in [0.2, 0.25) is 0 Å². The van der Waals surface area contributed by atoms with Gasteiger partial charge in [-0.2, -0.15) is 11.8 Å². The van der Waals surface area contributed by atoms with Crippen molar-refractivity contribution in [1.82, 2.24) is 5.32 Å². The number of hydrogen-bond donors (Lipinski definition) is 1. The molecule has 12 heavy (non-hydrogen) atoms. The van der Waals surface area contributed by atoms with Crippen molar-refractivity contribution in [2.24, 2.45) is 0 Å². The highest BCUT2D eigenvalue weighted by atomic mass is 32.2. The van der Waals surface area contributed by atoms with Crippen LogP contribution in [0.4, 0.5) is 0 Å². The maximum absolute atomic E-state index is 10.8. The fraction of sp³-hybridized carbons (Fsp3) is 1.00. The molecule has 0 rings (SSSR count). The van der Waals surface area contributed by atoms with E-state index in [1.54, 1.807) is 6.26 Å². The van der Waals surface area contributed by atoms with Gasteiger partial charge in [-0.1, -0.05) is 0 Å². The van der Waals surface area contributed by atoms with E-state index in [1.165, 1.54) is 12.2 Å². The van der Waals surface area contributed by atoms with Crippen LogP contribution in [0.2, 0.25) is 0 Å². The van der Waals surface area contributed by atoms with E-state index >= 15 is 0 Å². The van der Waals surface area contributed by atoms with Gasteiger partial charge in [-0.15, -0.1) is 0 Å². The molecule has 0 saturated carbocycles. The van der Waals surface area contributed by atoms with Crippen LogP contribution in [0.15, 0.2) is 0 Å². The van der Waals surface area contributed by atoms with Gasteiger partial charge in [-0.3, -0.25) is 4.21 Å². The van der Waals surface area contributed by atoms with Crippen molar-refractivity contribution in [2.45, 2.75) is 19.4 Å². The summed E-state index contributed by atoms with van der Waals surface area (Å²) in [7, 11) is -0.671. The van der Waals surface area contributed by atoms with E-state index in [0.717, 1.165) is 12.3 Å². The average Bonchev–Trinajstić information content (AvgIpc) is 1.97. The zero-order valence-electron chi connectivity index (χ0n) is 8.13.